The van der Waals surface area contributed by atoms with Crippen LogP contribution in [0.5, 0.6) is 5.75 Å². The number of nitrogens with two attached hydrogens (primary N) is 1. The summed E-state index contributed by atoms with van der Waals surface area (Å²) in [4.78, 5) is 25.6. The summed E-state index contributed by atoms with van der Waals surface area (Å²) in [5, 5.41) is 3.41. The molecule has 0 aliphatic heterocycles. The molecule has 1 aliphatic carbocycles. The Balaban J connectivity index is 1.81. The zero-order chi connectivity index (χ0) is 18.0. The van der Waals surface area contributed by atoms with Crippen LogP contribution in [0, 0.1) is 0 Å². The van der Waals surface area contributed by atoms with E-state index in [4.69, 9.17) is 10.5 Å². The van der Waals surface area contributed by atoms with Crippen LogP contribution in [0.25, 0.3) is 0 Å². The zero-order valence-electron chi connectivity index (χ0n) is 14.4. The van der Waals surface area contributed by atoms with Crippen molar-refractivity contribution in [1.29, 1.82) is 0 Å². The van der Waals surface area contributed by atoms with Gasteiger partial charge in [0, 0.05) is 10.4 Å². The number of nitrogens with one attached hydrogen (secondary N) is 1. The minimum Gasteiger partial charge on any atom is -0.491 e. The molecule has 1 aromatic carbocycles. The van der Waals surface area contributed by atoms with E-state index in [0.29, 0.717) is 21.9 Å². The Hall–Kier alpha value is -2.34. The van der Waals surface area contributed by atoms with Gasteiger partial charge in [0.1, 0.15) is 10.8 Å². The molecule has 0 bridgehead atoms. The highest BCUT2D eigenvalue weighted by atomic mass is 32.1. The van der Waals surface area contributed by atoms with Crippen LogP contribution >= 0.6 is 11.3 Å². The van der Waals surface area contributed by atoms with Crippen molar-refractivity contribution >= 4 is 28.2 Å². The summed E-state index contributed by atoms with van der Waals surface area (Å²) in [5.41, 5.74) is 7.50. The van der Waals surface area contributed by atoms with Gasteiger partial charge in [-0.3, -0.25) is 9.59 Å². The lowest BCUT2D eigenvalue weighted by molar-refractivity contribution is 0.100. The van der Waals surface area contributed by atoms with Crippen LogP contribution in [0.15, 0.2) is 24.3 Å². The molecule has 0 spiro atoms. The number of aryl methyl sites for hydroxylation is 1. The lowest BCUT2D eigenvalue weighted by Gasteiger charge is -2.13. The summed E-state index contributed by atoms with van der Waals surface area (Å²) in [5.74, 6) is -0.0913. The fraction of sp³-hybridized carbons (Fsp3) is 0.368. The maximum absolute atomic E-state index is 12.6. The average Bonchev–Trinajstić information content (AvgIpc) is 3.15. The highest BCUT2D eigenvalue weighted by Crippen LogP contribution is 2.39. The number of rotatable bonds is 6. The minimum atomic E-state index is -0.483. The molecule has 6 heteroatoms. The Morgan fingerprint density at radius 2 is 2.16 bits per heavy atom. The van der Waals surface area contributed by atoms with Gasteiger partial charge < -0.3 is 15.8 Å². The summed E-state index contributed by atoms with van der Waals surface area (Å²) in [6.07, 6.45) is 3.79. The van der Waals surface area contributed by atoms with Gasteiger partial charge in [0.2, 0.25) is 0 Å². The summed E-state index contributed by atoms with van der Waals surface area (Å²) in [6, 6.07) is 7.06. The van der Waals surface area contributed by atoms with Gasteiger partial charge in [-0.15, -0.1) is 11.3 Å². The number of ether oxygens (including phenoxy) is 1. The number of amides is 2. The molecule has 0 saturated carbocycles. The van der Waals surface area contributed by atoms with Gasteiger partial charge in [-0.05, 0) is 56.4 Å². The second-order valence-corrected chi connectivity index (χ2v) is 7.35. The van der Waals surface area contributed by atoms with Crippen LogP contribution in [0.1, 0.15) is 57.8 Å². The van der Waals surface area contributed by atoms with Gasteiger partial charge >= 0.3 is 0 Å². The van der Waals surface area contributed by atoms with Gasteiger partial charge in [0.25, 0.3) is 11.8 Å². The number of carbonyl (C=O) groups excluding carboxylic acids is 2. The molecule has 1 heterocycles. The van der Waals surface area contributed by atoms with Crippen molar-refractivity contribution in [3.05, 3.63) is 45.8 Å². The fourth-order valence-electron chi connectivity index (χ4n) is 2.95. The van der Waals surface area contributed by atoms with E-state index < -0.39 is 5.91 Å². The molecular formula is C19H22N2O3S. The molecule has 3 rings (SSSR count). The molecule has 2 amide bonds. The van der Waals surface area contributed by atoms with Crippen LogP contribution in [-0.4, -0.2) is 17.9 Å². The number of primary amides is 1. The maximum Gasteiger partial charge on any atom is 0.256 e. The standard InChI is InChI=1S/C19H22N2O3S/c1-3-11(2)24-13-7-4-6-12(10-13)18(23)21-19-16(17(20)22)14-8-5-9-15(14)25-19/h4,6-7,10-11H,3,5,8-9H2,1-2H3,(H2,20,22)(H,21,23)/t11-/m0/s1. The number of hydrogen-bond donors (Lipinski definition) is 2. The van der Waals surface area contributed by atoms with Crippen LogP contribution < -0.4 is 15.8 Å². The maximum atomic E-state index is 12.6. The van der Waals surface area contributed by atoms with Crippen molar-refractivity contribution in [1.82, 2.24) is 0 Å². The van der Waals surface area contributed by atoms with Gasteiger partial charge in [-0.25, -0.2) is 0 Å². The summed E-state index contributed by atoms with van der Waals surface area (Å²) < 4.78 is 5.76. The lowest BCUT2D eigenvalue weighted by atomic mass is 10.1. The van der Waals surface area contributed by atoms with Crippen molar-refractivity contribution in [2.75, 3.05) is 5.32 Å². The fourth-order valence-corrected chi connectivity index (χ4v) is 4.24. The lowest BCUT2D eigenvalue weighted by Crippen LogP contribution is -2.18. The molecule has 25 heavy (non-hydrogen) atoms. The number of benzene rings is 1. The average molecular weight is 358 g/mol. The summed E-state index contributed by atoms with van der Waals surface area (Å²) >= 11 is 1.45. The second kappa shape index (κ2) is 7.27. The largest absolute Gasteiger partial charge is 0.491 e. The van der Waals surface area contributed by atoms with Crippen molar-refractivity contribution in [2.45, 2.75) is 45.6 Å². The Morgan fingerprint density at radius 3 is 2.88 bits per heavy atom. The third-order valence-corrected chi connectivity index (χ3v) is 5.61. The molecule has 132 valence electrons. The van der Waals surface area contributed by atoms with Gasteiger partial charge in [0.05, 0.1) is 11.7 Å². The first-order chi connectivity index (χ1) is 12.0. The Labute approximate surface area is 151 Å². The predicted octanol–water partition coefficient (Wildman–Crippen LogP) is 3.77. The molecule has 0 unspecified atom stereocenters. The topological polar surface area (TPSA) is 81.4 Å². The Bertz CT molecular complexity index is 813. The third kappa shape index (κ3) is 3.69. The van der Waals surface area contributed by atoms with Crippen molar-refractivity contribution in [2.24, 2.45) is 5.73 Å². The van der Waals surface area contributed by atoms with Crippen molar-refractivity contribution in [3.63, 3.8) is 0 Å². The first-order valence-corrected chi connectivity index (χ1v) is 9.33. The second-order valence-electron chi connectivity index (χ2n) is 6.24. The van der Waals surface area contributed by atoms with Crippen LogP contribution in [0.2, 0.25) is 0 Å². The highest BCUT2D eigenvalue weighted by Gasteiger charge is 2.26. The van der Waals surface area contributed by atoms with Gasteiger partial charge in [0.15, 0.2) is 0 Å². The number of thiophene rings is 1. The molecule has 1 aromatic heterocycles. The highest BCUT2D eigenvalue weighted by molar-refractivity contribution is 7.17. The quantitative estimate of drug-likeness (QED) is 0.825. The molecule has 2 aromatic rings. The Morgan fingerprint density at radius 1 is 1.36 bits per heavy atom. The van der Waals surface area contributed by atoms with Crippen LogP contribution in [0.4, 0.5) is 5.00 Å². The summed E-state index contributed by atoms with van der Waals surface area (Å²) in [7, 11) is 0. The molecule has 1 aliphatic rings. The number of hydrogen-bond acceptors (Lipinski definition) is 4. The molecule has 1 atom stereocenters. The molecule has 5 nitrogen and oxygen atoms in total. The Kier molecular flexibility index (Phi) is 5.08. The normalized spacial score (nSPS) is 14.0. The van der Waals surface area contributed by atoms with Gasteiger partial charge in [-0.2, -0.15) is 0 Å². The molecule has 3 N–H and O–H groups in total. The third-order valence-electron chi connectivity index (χ3n) is 4.40. The van der Waals surface area contributed by atoms with E-state index in [9.17, 15) is 9.59 Å². The summed E-state index contributed by atoms with van der Waals surface area (Å²) in [6.45, 7) is 4.03. The van der Waals surface area contributed by atoms with E-state index in [1.165, 1.54) is 11.3 Å². The van der Waals surface area contributed by atoms with E-state index in [2.05, 4.69) is 5.32 Å². The molecule has 0 radical (unpaired) electrons. The van der Waals surface area contributed by atoms with Crippen molar-refractivity contribution < 1.29 is 14.3 Å². The number of carbonyl (C=O) groups is 2. The van der Waals surface area contributed by atoms with Gasteiger partial charge in [-0.1, -0.05) is 13.0 Å². The SMILES string of the molecule is CC[C@H](C)Oc1cccc(C(=O)Nc2sc3c(c2C(N)=O)CCC3)c1. The van der Waals surface area contributed by atoms with E-state index in [1.54, 1.807) is 18.2 Å². The monoisotopic (exact) mass is 358 g/mol. The number of anilines is 1. The molecular weight excluding hydrogens is 336 g/mol. The molecule has 0 fully saturated rings. The molecule has 0 saturated heterocycles. The van der Waals surface area contributed by atoms with Crippen molar-refractivity contribution in [3.8, 4) is 5.75 Å². The number of fused-ring (bicyclic) bond motifs is 1. The van der Waals surface area contributed by atoms with E-state index in [1.807, 2.05) is 19.9 Å². The van der Waals surface area contributed by atoms with E-state index in [0.717, 1.165) is 36.1 Å². The van der Waals surface area contributed by atoms with Crippen LogP contribution in [0.3, 0.4) is 0 Å². The predicted molar refractivity (Wildman–Crippen MR) is 99.6 cm³/mol. The smallest absolute Gasteiger partial charge is 0.256 e. The first-order valence-electron chi connectivity index (χ1n) is 8.52. The van der Waals surface area contributed by atoms with E-state index >= 15 is 0 Å². The van der Waals surface area contributed by atoms with E-state index in [-0.39, 0.29) is 12.0 Å². The van der Waals surface area contributed by atoms with Crippen LogP contribution in [-0.2, 0) is 12.8 Å². The minimum absolute atomic E-state index is 0.0834. The zero-order valence-corrected chi connectivity index (χ0v) is 15.2. The first kappa shape index (κ1) is 17.5.